The van der Waals surface area contributed by atoms with Gasteiger partial charge in [0.2, 0.25) is 11.6 Å². The van der Waals surface area contributed by atoms with Crippen molar-refractivity contribution in [2.45, 2.75) is 6.92 Å². The van der Waals surface area contributed by atoms with Crippen LogP contribution in [0.1, 0.15) is 21.5 Å². The number of ether oxygens (including phenoxy) is 1. The van der Waals surface area contributed by atoms with Crippen LogP contribution in [0.4, 0.5) is 5.69 Å². The van der Waals surface area contributed by atoms with Gasteiger partial charge in [-0.05, 0) is 25.1 Å². The average molecular weight is 283 g/mol. The molecule has 0 N–H and O–H groups in total. The van der Waals surface area contributed by atoms with E-state index in [9.17, 15) is 14.9 Å². The van der Waals surface area contributed by atoms with E-state index in [1.54, 1.807) is 13.0 Å². The SMILES string of the molecule is Cc1cc(C=O)cnc1Oc1ccc(C#N)cc1[N+](=O)[O-]. The fourth-order valence-electron chi connectivity index (χ4n) is 1.68. The fraction of sp³-hybridized carbons (Fsp3) is 0.0714. The first-order chi connectivity index (χ1) is 10.0. The second kappa shape index (κ2) is 5.79. The van der Waals surface area contributed by atoms with Gasteiger partial charge >= 0.3 is 5.69 Å². The molecule has 2 rings (SSSR count). The third-order valence-corrected chi connectivity index (χ3v) is 2.68. The van der Waals surface area contributed by atoms with Crippen molar-refractivity contribution in [3.8, 4) is 17.7 Å². The first-order valence-corrected chi connectivity index (χ1v) is 5.83. The number of aldehydes is 1. The van der Waals surface area contributed by atoms with Crippen LogP contribution in [0.15, 0.2) is 30.5 Å². The minimum atomic E-state index is -0.634. The quantitative estimate of drug-likeness (QED) is 0.485. The Morgan fingerprint density at radius 3 is 2.76 bits per heavy atom. The maximum Gasteiger partial charge on any atom is 0.312 e. The van der Waals surface area contributed by atoms with Crippen LogP contribution in [0.3, 0.4) is 0 Å². The fourth-order valence-corrected chi connectivity index (χ4v) is 1.68. The van der Waals surface area contributed by atoms with Crippen LogP contribution in [0.2, 0.25) is 0 Å². The average Bonchev–Trinajstić information content (AvgIpc) is 2.49. The maximum absolute atomic E-state index is 11.0. The van der Waals surface area contributed by atoms with Crippen LogP contribution < -0.4 is 4.74 Å². The second-order valence-electron chi connectivity index (χ2n) is 4.16. The lowest BCUT2D eigenvalue weighted by Gasteiger charge is -2.08. The molecule has 0 aliphatic rings. The Morgan fingerprint density at radius 1 is 1.43 bits per heavy atom. The number of hydrogen-bond donors (Lipinski definition) is 0. The largest absolute Gasteiger partial charge is 0.432 e. The van der Waals surface area contributed by atoms with E-state index in [1.165, 1.54) is 18.3 Å². The zero-order valence-electron chi connectivity index (χ0n) is 10.9. The van der Waals surface area contributed by atoms with Gasteiger partial charge < -0.3 is 4.74 Å². The van der Waals surface area contributed by atoms with Crippen molar-refractivity contribution >= 4 is 12.0 Å². The van der Waals surface area contributed by atoms with Crippen molar-refractivity contribution < 1.29 is 14.5 Å². The van der Waals surface area contributed by atoms with E-state index in [-0.39, 0.29) is 22.9 Å². The third-order valence-electron chi connectivity index (χ3n) is 2.68. The van der Waals surface area contributed by atoms with Crippen LogP contribution in [0.5, 0.6) is 11.6 Å². The van der Waals surface area contributed by atoms with E-state index in [4.69, 9.17) is 10.00 Å². The third kappa shape index (κ3) is 3.01. The Balaban J connectivity index is 2.42. The first kappa shape index (κ1) is 14.1. The Morgan fingerprint density at radius 2 is 2.19 bits per heavy atom. The lowest BCUT2D eigenvalue weighted by atomic mass is 10.2. The minimum absolute atomic E-state index is 0.0200. The molecular weight excluding hydrogens is 274 g/mol. The number of nitrogens with zero attached hydrogens (tertiary/aromatic N) is 3. The van der Waals surface area contributed by atoms with Crippen molar-refractivity contribution in [2.24, 2.45) is 0 Å². The van der Waals surface area contributed by atoms with Crippen molar-refractivity contribution in [1.29, 1.82) is 5.26 Å². The Bertz CT molecular complexity index is 765. The summed E-state index contributed by atoms with van der Waals surface area (Å²) >= 11 is 0. The van der Waals surface area contributed by atoms with Crippen LogP contribution in [-0.4, -0.2) is 16.2 Å². The molecule has 21 heavy (non-hydrogen) atoms. The number of nitro groups is 1. The van der Waals surface area contributed by atoms with Crippen molar-refractivity contribution in [1.82, 2.24) is 4.98 Å². The van der Waals surface area contributed by atoms with Crippen molar-refractivity contribution in [2.75, 3.05) is 0 Å². The highest BCUT2D eigenvalue weighted by Crippen LogP contribution is 2.32. The van der Waals surface area contributed by atoms with Crippen LogP contribution in [0.25, 0.3) is 0 Å². The number of benzene rings is 1. The summed E-state index contributed by atoms with van der Waals surface area (Å²) in [6.45, 7) is 1.67. The number of pyridine rings is 1. The summed E-state index contributed by atoms with van der Waals surface area (Å²) in [5.74, 6) is 0.141. The lowest BCUT2D eigenvalue weighted by molar-refractivity contribution is -0.385. The molecule has 2 aromatic rings. The first-order valence-electron chi connectivity index (χ1n) is 5.83. The predicted octanol–water partition coefficient (Wildman–Crippen LogP) is 2.77. The molecule has 0 spiro atoms. The van der Waals surface area contributed by atoms with Crippen molar-refractivity contribution in [3.63, 3.8) is 0 Å². The molecule has 0 fully saturated rings. The van der Waals surface area contributed by atoms with Gasteiger partial charge in [-0.1, -0.05) is 0 Å². The zero-order valence-corrected chi connectivity index (χ0v) is 10.9. The highest BCUT2D eigenvalue weighted by atomic mass is 16.6. The molecular formula is C14H9N3O4. The van der Waals surface area contributed by atoms with E-state index in [2.05, 4.69) is 4.98 Å². The smallest absolute Gasteiger partial charge is 0.312 e. The Kier molecular flexibility index (Phi) is 3.90. The molecule has 7 heteroatoms. The van der Waals surface area contributed by atoms with Crippen LogP contribution in [-0.2, 0) is 0 Å². The molecule has 0 amide bonds. The number of rotatable bonds is 4. The predicted molar refractivity (Wildman–Crippen MR) is 72.2 cm³/mol. The van der Waals surface area contributed by atoms with E-state index in [0.29, 0.717) is 17.4 Å². The number of aryl methyl sites for hydroxylation is 1. The minimum Gasteiger partial charge on any atom is -0.432 e. The Labute approximate surface area is 119 Å². The number of nitriles is 1. The summed E-state index contributed by atoms with van der Waals surface area (Å²) in [6.07, 6.45) is 1.96. The van der Waals surface area contributed by atoms with Crippen LogP contribution >= 0.6 is 0 Å². The number of aromatic nitrogens is 1. The summed E-state index contributed by atoms with van der Waals surface area (Å²) in [6, 6.07) is 7.27. The summed E-state index contributed by atoms with van der Waals surface area (Å²) in [7, 11) is 0. The topological polar surface area (TPSA) is 106 Å². The molecule has 0 saturated carbocycles. The van der Waals surface area contributed by atoms with E-state index < -0.39 is 4.92 Å². The molecule has 0 unspecified atom stereocenters. The van der Waals surface area contributed by atoms with Gasteiger partial charge in [0.05, 0.1) is 16.6 Å². The molecule has 1 aromatic heterocycles. The number of nitro benzene ring substituents is 1. The molecule has 1 aromatic carbocycles. The number of hydrogen-bond acceptors (Lipinski definition) is 6. The molecule has 7 nitrogen and oxygen atoms in total. The lowest BCUT2D eigenvalue weighted by Crippen LogP contribution is -1.97. The molecule has 0 saturated heterocycles. The standard InChI is InChI=1S/C14H9N3O4/c1-9-4-11(8-18)7-16-14(9)21-13-3-2-10(6-15)5-12(13)17(19)20/h2-5,7-8H,1H3. The molecule has 0 atom stereocenters. The summed E-state index contributed by atoms with van der Waals surface area (Å²) in [4.78, 5) is 25.0. The van der Waals surface area contributed by atoms with Gasteiger partial charge in [-0.15, -0.1) is 0 Å². The number of carbonyl (C=O) groups is 1. The molecule has 1 heterocycles. The highest BCUT2D eigenvalue weighted by Gasteiger charge is 2.18. The molecule has 0 aliphatic carbocycles. The van der Waals surface area contributed by atoms with Gasteiger partial charge in [0, 0.05) is 23.4 Å². The normalized spacial score (nSPS) is 9.71. The summed E-state index contributed by atoms with van der Waals surface area (Å²) in [5, 5.41) is 19.8. The monoisotopic (exact) mass is 283 g/mol. The Hall–Kier alpha value is -3.27. The van der Waals surface area contributed by atoms with E-state index in [0.717, 1.165) is 6.07 Å². The molecule has 0 radical (unpaired) electrons. The van der Waals surface area contributed by atoms with Gasteiger partial charge in [0.15, 0.2) is 6.29 Å². The van der Waals surface area contributed by atoms with Gasteiger partial charge in [-0.3, -0.25) is 14.9 Å². The summed E-state index contributed by atoms with van der Waals surface area (Å²) in [5.41, 5.74) is 0.789. The van der Waals surface area contributed by atoms with Gasteiger partial charge in [-0.25, -0.2) is 4.98 Å². The maximum atomic E-state index is 11.0. The van der Waals surface area contributed by atoms with Crippen LogP contribution in [0, 0.1) is 28.4 Å². The zero-order chi connectivity index (χ0) is 15.4. The highest BCUT2D eigenvalue weighted by molar-refractivity contribution is 5.74. The van der Waals surface area contributed by atoms with E-state index in [1.807, 2.05) is 6.07 Å². The van der Waals surface area contributed by atoms with Crippen molar-refractivity contribution in [3.05, 3.63) is 57.3 Å². The molecule has 0 bridgehead atoms. The second-order valence-corrected chi connectivity index (χ2v) is 4.16. The number of carbonyl (C=O) groups excluding carboxylic acids is 1. The van der Waals surface area contributed by atoms with Gasteiger partial charge in [0.1, 0.15) is 0 Å². The summed E-state index contributed by atoms with van der Waals surface area (Å²) < 4.78 is 5.42. The molecule has 104 valence electrons. The van der Waals surface area contributed by atoms with Gasteiger partial charge in [-0.2, -0.15) is 5.26 Å². The van der Waals surface area contributed by atoms with Gasteiger partial charge in [0.25, 0.3) is 0 Å². The van der Waals surface area contributed by atoms with E-state index >= 15 is 0 Å². The molecule has 0 aliphatic heterocycles.